The highest BCUT2D eigenvalue weighted by Crippen LogP contribution is 2.34. The Morgan fingerprint density at radius 1 is 1.18 bits per heavy atom. The molecule has 12 nitrogen and oxygen atoms in total. The molecule has 2 aromatic heterocycles. The molecule has 2 N–H and O–H groups in total. The molecule has 5 rings (SSSR count). The molecule has 0 aromatic carbocycles. The number of fused-ring (bicyclic) bond motifs is 1. The van der Waals surface area contributed by atoms with Crippen LogP contribution in [0.4, 0.5) is 10.6 Å². The van der Waals surface area contributed by atoms with Crippen LogP contribution in [0.1, 0.15) is 45.3 Å². The maximum absolute atomic E-state index is 12.1. The lowest BCUT2D eigenvalue weighted by Gasteiger charge is -2.20. The standard InChI is InChI=1S/C22H29N6O6/c1-13(29)33-17-8-16(10-32-22(30)27-14-4-2-3-5-14)34-21(17)28-12-25-18-19(23-11-24-20(18)28)26-15-6-7-31-9-15/h8,11-12,14-17,21H,2-7,9-10H2,1H3,(H,27,30)(H,23,24,26)/t15-,16-,17-,21-/m1/s1. The lowest BCUT2D eigenvalue weighted by molar-refractivity contribution is -0.151. The average Bonchev–Trinajstić information content (AvgIpc) is 3.60. The first-order valence-corrected chi connectivity index (χ1v) is 11.7. The summed E-state index contributed by atoms with van der Waals surface area (Å²) in [6.45, 7) is 2.66. The van der Waals surface area contributed by atoms with Crippen molar-refractivity contribution in [2.24, 2.45) is 0 Å². The van der Waals surface area contributed by atoms with E-state index in [4.69, 9.17) is 18.9 Å². The predicted molar refractivity (Wildman–Crippen MR) is 119 cm³/mol. The maximum atomic E-state index is 12.1. The van der Waals surface area contributed by atoms with Crippen LogP contribution in [0.3, 0.4) is 0 Å². The third kappa shape index (κ3) is 5.07. The molecule has 2 saturated heterocycles. The zero-order chi connectivity index (χ0) is 23.5. The quantitative estimate of drug-likeness (QED) is 0.572. The van der Waals surface area contributed by atoms with Crippen LogP contribution in [-0.2, 0) is 23.7 Å². The Morgan fingerprint density at radius 2 is 2.03 bits per heavy atom. The molecule has 4 atom stereocenters. The van der Waals surface area contributed by atoms with E-state index in [1.54, 1.807) is 17.3 Å². The maximum Gasteiger partial charge on any atom is 0.407 e. The number of rotatable bonds is 7. The van der Waals surface area contributed by atoms with E-state index in [1.165, 1.54) is 13.3 Å². The van der Waals surface area contributed by atoms with Crippen LogP contribution < -0.4 is 10.6 Å². The van der Waals surface area contributed by atoms with E-state index in [2.05, 4.69) is 25.6 Å². The number of esters is 1. The van der Waals surface area contributed by atoms with Crippen LogP contribution >= 0.6 is 0 Å². The fourth-order valence-electron chi connectivity index (χ4n) is 4.64. The van der Waals surface area contributed by atoms with Gasteiger partial charge in [-0.25, -0.2) is 19.7 Å². The van der Waals surface area contributed by atoms with Gasteiger partial charge in [0.2, 0.25) is 0 Å². The normalized spacial score (nSPS) is 27.2. The topological polar surface area (TPSA) is 139 Å². The molecular formula is C22H29N6O6. The summed E-state index contributed by atoms with van der Waals surface area (Å²) in [7, 11) is 0. The van der Waals surface area contributed by atoms with Gasteiger partial charge in [0.25, 0.3) is 0 Å². The highest BCUT2D eigenvalue weighted by Gasteiger charge is 2.41. The minimum absolute atomic E-state index is 0.00289. The van der Waals surface area contributed by atoms with Crippen molar-refractivity contribution in [1.29, 1.82) is 0 Å². The van der Waals surface area contributed by atoms with E-state index in [0.29, 0.717) is 30.2 Å². The molecule has 183 valence electrons. The van der Waals surface area contributed by atoms with Gasteiger partial charge in [-0.3, -0.25) is 9.36 Å². The SMILES string of the molecule is CC(=O)O[C@@H]1[CH][C@H](COC(=O)NC2CCCC2)O[C@H]1n1cnc2c(N[C@@H]3CCOC3)ncnc21. The van der Waals surface area contributed by atoms with Gasteiger partial charge in [0.05, 0.1) is 19.0 Å². The molecule has 12 heteroatoms. The number of hydrogen-bond acceptors (Lipinski definition) is 10. The van der Waals surface area contributed by atoms with E-state index in [0.717, 1.165) is 32.1 Å². The summed E-state index contributed by atoms with van der Waals surface area (Å²) in [6, 6.07) is 0.322. The molecule has 3 aliphatic rings. The fraction of sp³-hybridized carbons (Fsp3) is 0.636. The third-order valence-electron chi connectivity index (χ3n) is 6.26. The number of amides is 1. The smallest absolute Gasteiger partial charge is 0.407 e. The Labute approximate surface area is 196 Å². The molecule has 0 unspecified atom stereocenters. The first-order chi connectivity index (χ1) is 16.6. The van der Waals surface area contributed by atoms with Crippen LogP contribution in [0, 0.1) is 6.42 Å². The number of nitrogens with one attached hydrogen (secondary N) is 2. The van der Waals surface area contributed by atoms with Crippen molar-refractivity contribution in [1.82, 2.24) is 24.8 Å². The van der Waals surface area contributed by atoms with Crippen LogP contribution in [0.2, 0.25) is 0 Å². The summed E-state index contributed by atoms with van der Waals surface area (Å²) >= 11 is 0. The first kappa shape index (κ1) is 22.8. The summed E-state index contributed by atoms with van der Waals surface area (Å²) in [4.78, 5) is 37.1. The van der Waals surface area contributed by atoms with Crippen molar-refractivity contribution in [3.8, 4) is 0 Å². The highest BCUT2D eigenvalue weighted by atomic mass is 16.6. The number of carbonyl (C=O) groups excluding carboxylic acids is 2. The molecule has 3 fully saturated rings. The number of aromatic nitrogens is 4. The second kappa shape index (κ2) is 10.1. The van der Waals surface area contributed by atoms with Gasteiger partial charge in [0.1, 0.15) is 19.0 Å². The Morgan fingerprint density at radius 3 is 2.79 bits per heavy atom. The van der Waals surface area contributed by atoms with E-state index >= 15 is 0 Å². The van der Waals surface area contributed by atoms with Gasteiger partial charge in [-0.15, -0.1) is 0 Å². The Kier molecular flexibility index (Phi) is 6.77. The van der Waals surface area contributed by atoms with Crippen LogP contribution in [0.25, 0.3) is 11.2 Å². The van der Waals surface area contributed by atoms with Crippen molar-refractivity contribution in [3.05, 3.63) is 19.1 Å². The molecule has 2 aliphatic heterocycles. The molecule has 1 amide bonds. The van der Waals surface area contributed by atoms with Gasteiger partial charge >= 0.3 is 12.1 Å². The van der Waals surface area contributed by atoms with Crippen molar-refractivity contribution in [2.45, 2.75) is 69.5 Å². The van der Waals surface area contributed by atoms with Crippen LogP contribution in [0.5, 0.6) is 0 Å². The molecule has 2 aromatic rings. The fourth-order valence-corrected chi connectivity index (χ4v) is 4.64. The highest BCUT2D eigenvalue weighted by molar-refractivity contribution is 5.83. The van der Waals surface area contributed by atoms with Crippen molar-refractivity contribution in [2.75, 3.05) is 25.1 Å². The van der Waals surface area contributed by atoms with E-state index < -0.39 is 30.5 Å². The molecule has 34 heavy (non-hydrogen) atoms. The molecule has 1 aliphatic carbocycles. The van der Waals surface area contributed by atoms with Gasteiger partial charge in [0, 0.05) is 26.0 Å². The van der Waals surface area contributed by atoms with E-state index in [9.17, 15) is 9.59 Å². The Bertz CT molecular complexity index is 1020. The first-order valence-electron chi connectivity index (χ1n) is 11.7. The number of imidazole rings is 1. The number of ether oxygens (including phenoxy) is 4. The van der Waals surface area contributed by atoms with E-state index in [1.807, 2.05) is 0 Å². The molecule has 1 saturated carbocycles. The second-order valence-electron chi connectivity index (χ2n) is 8.81. The number of nitrogens with zero attached hydrogens (tertiary/aromatic N) is 4. The minimum Gasteiger partial charge on any atom is -0.457 e. The largest absolute Gasteiger partial charge is 0.457 e. The monoisotopic (exact) mass is 473 g/mol. The van der Waals surface area contributed by atoms with Gasteiger partial charge in [-0.1, -0.05) is 12.8 Å². The van der Waals surface area contributed by atoms with Gasteiger partial charge in [-0.05, 0) is 19.3 Å². The zero-order valence-corrected chi connectivity index (χ0v) is 19.0. The number of anilines is 1. The van der Waals surface area contributed by atoms with Crippen molar-refractivity contribution in [3.63, 3.8) is 0 Å². The predicted octanol–water partition coefficient (Wildman–Crippen LogP) is 1.73. The number of hydrogen-bond donors (Lipinski definition) is 2. The van der Waals surface area contributed by atoms with Crippen LogP contribution in [-0.4, -0.2) is 75.7 Å². The third-order valence-corrected chi connectivity index (χ3v) is 6.26. The molecular weight excluding hydrogens is 444 g/mol. The van der Waals surface area contributed by atoms with Gasteiger partial charge in [-0.2, -0.15) is 0 Å². The molecule has 1 radical (unpaired) electrons. The summed E-state index contributed by atoms with van der Waals surface area (Å²) in [5, 5.41) is 6.23. The minimum atomic E-state index is -0.710. The average molecular weight is 474 g/mol. The van der Waals surface area contributed by atoms with Crippen molar-refractivity contribution >= 4 is 29.0 Å². The molecule has 0 spiro atoms. The molecule has 0 bridgehead atoms. The lowest BCUT2D eigenvalue weighted by atomic mass is 10.2. The summed E-state index contributed by atoms with van der Waals surface area (Å²) in [6.07, 6.45) is 7.38. The summed E-state index contributed by atoms with van der Waals surface area (Å²) in [5.74, 6) is 0.159. The van der Waals surface area contributed by atoms with Gasteiger partial charge in [0.15, 0.2) is 29.3 Å². The second-order valence-corrected chi connectivity index (χ2v) is 8.81. The summed E-state index contributed by atoms with van der Waals surface area (Å²) in [5.41, 5.74) is 1.11. The Balaban J connectivity index is 1.28. The van der Waals surface area contributed by atoms with Crippen LogP contribution in [0.15, 0.2) is 12.7 Å². The zero-order valence-electron chi connectivity index (χ0n) is 19.0. The number of carbonyl (C=O) groups is 2. The molecule has 4 heterocycles. The Hall–Kier alpha value is -2.99. The van der Waals surface area contributed by atoms with Crippen molar-refractivity contribution < 1.29 is 28.5 Å². The van der Waals surface area contributed by atoms with Gasteiger partial charge < -0.3 is 29.6 Å². The van der Waals surface area contributed by atoms with E-state index in [-0.39, 0.29) is 18.7 Å². The lowest BCUT2D eigenvalue weighted by Crippen LogP contribution is -2.34. The number of alkyl carbamates (subject to hydrolysis) is 1. The summed E-state index contributed by atoms with van der Waals surface area (Å²) < 4.78 is 24.1.